The summed E-state index contributed by atoms with van der Waals surface area (Å²) in [4.78, 5) is 20.1. The first-order chi connectivity index (χ1) is 13.8. The van der Waals surface area contributed by atoms with Crippen LogP contribution in [0.3, 0.4) is 0 Å². The molecular formula is C20H30F3N5O. The number of nitrogens with zero attached hydrogens (tertiary/aromatic N) is 3. The third kappa shape index (κ3) is 6.62. The van der Waals surface area contributed by atoms with Crippen LogP contribution in [-0.2, 0) is 6.54 Å². The summed E-state index contributed by atoms with van der Waals surface area (Å²) in [5.41, 5.74) is 1.48. The van der Waals surface area contributed by atoms with E-state index in [9.17, 15) is 18.0 Å². The summed E-state index contributed by atoms with van der Waals surface area (Å²) in [5, 5.41) is 5.98. The highest BCUT2D eigenvalue weighted by Crippen LogP contribution is 2.25. The Kier molecular flexibility index (Phi) is 8.31. The molecule has 1 unspecified atom stereocenters. The molecule has 1 atom stereocenters. The Hall–Kier alpha value is -2.29. The molecule has 0 radical (unpaired) electrons. The van der Waals surface area contributed by atoms with E-state index >= 15 is 0 Å². The molecule has 29 heavy (non-hydrogen) atoms. The van der Waals surface area contributed by atoms with Crippen molar-refractivity contribution in [3.8, 4) is 0 Å². The summed E-state index contributed by atoms with van der Waals surface area (Å²) in [7, 11) is 0. The van der Waals surface area contributed by atoms with Gasteiger partial charge in [-0.3, -0.25) is 9.69 Å². The minimum absolute atomic E-state index is 0.125. The summed E-state index contributed by atoms with van der Waals surface area (Å²) in [6.07, 6.45) is -4.21. The molecule has 0 saturated carbocycles. The van der Waals surface area contributed by atoms with Gasteiger partial charge in [-0.2, -0.15) is 13.2 Å². The second kappa shape index (κ2) is 10.5. The first-order valence-electron chi connectivity index (χ1n) is 9.97. The van der Waals surface area contributed by atoms with Gasteiger partial charge in [0, 0.05) is 44.8 Å². The fraction of sp³-hybridized carbons (Fsp3) is 0.600. The largest absolute Gasteiger partial charge is 0.403 e. The smallest absolute Gasteiger partial charge is 0.357 e. The predicted molar refractivity (Wildman–Crippen MR) is 108 cm³/mol. The van der Waals surface area contributed by atoms with E-state index in [1.54, 1.807) is 12.1 Å². The normalized spacial score (nSPS) is 17.2. The van der Waals surface area contributed by atoms with Crippen molar-refractivity contribution in [1.82, 2.24) is 20.4 Å². The van der Waals surface area contributed by atoms with Crippen LogP contribution in [0.1, 0.15) is 36.7 Å². The zero-order valence-corrected chi connectivity index (χ0v) is 17.2. The Labute approximate surface area is 170 Å². The number of carbonyl (C=O) groups is 1. The van der Waals surface area contributed by atoms with E-state index in [1.165, 1.54) is 11.8 Å². The van der Waals surface area contributed by atoms with Crippen molar-refractivity contribution in [1.29, 1.82) is 0 Å². The standard InChI is InChI=1S/C20H30F3N5O/c1-4-24-18(29)17-8-6-7-16(13-17)14-26-19(25-5-2)28-11-9-27(10-12-28)15(3)20(21,22)23/h6-8,13,15H,4-5,9-12,14H2,1-3H3,(H,24,29)(H,25,26). The average molecular weight is 413 g/mol. The van der Waals surface area contributed by atoms with Crippen LogP contribution in [-0.4, -0.2) is 73.2 Å². The highest BCUT2D eigenvalue weighted by molar-refractivity contribution is 5.94. The van der Waals surface area contributed by atoms with Crippen LogP contribution < -0.4 is 10.6 Å². The van der Waals surface area contributed by atoms with Crippen LogP contribution in [0.25, 0.3) is 0 Å². The number of alkyl halides is 3. The van der Waals surface area contributed by atoms with Gasteiger partial charge in [0.1, 0.15) is 6.04 Å². The molecule has 1 saturated heterocycles. The first kappa shape index (κ1) is 23.0. The van der Waals surface area contributed by atoms with E-state index in [4.69, 9.17) is 0 Å². The van der Waals surface area contributed by atoms with Gasteiger partial charge in [0.15, 0.2) is 5.96 Å². The maximum Gasteiger partial charge on any atom is 0.403 e. The number of benzene rings is 1. The molecule has 1 amide bonds. The van der Waals surface area contributed by atoms with E-state index in [2.05, 4.69) is 15.6 Å². The lowest BCUT2D eigenvalue weighted by molar-refractivity contribution is -0.181. The molecule has 1 aromatic carbocycles. The lowest BCUT2D eigenvalue weighted by atomic mass is 10.1. The molecule has 1 heterocycles. The molecule has 1 aromatic rings. The van der Waals surface area contributed by atoms with Gasteiger partial charge in [0.25, 0.3) is 5.91 Å². The Morgan fingerprint density at radius 1 is 1.14 bits per heavy atom. The van der Waals surface area contributed by atoms with Crippen molar-refractivity contribution in [2.75, 3.05) is 39.3 Å². The monoisotopic (exact) mass is 413 g/mol. The molecule has 9 heteroatoms. The topological polar surface area (TPSA) is 60.0 Å². The molecule has 2 rings (SSSR count). The SMILES string of the molecule is CCNC(=O)c1cccc(CN=C(NCC)N2CCN(C(C)C(F)(F)F)CC2)c1. The zero-order chi connectivity index (χ0) is 21.4. The molecule has 1 aliphatic heterocycles. The van der Waals surface area contributed by atoms with Crippen molar-refractivity contribution >= 4 is 11.9 Å². The number of guanidine groups is 1. The van der Waals surface area contributed by atoms with Crippen LogP contribution in [0, 0.1) is 0 Å². The van der Waals surface area contributed by atoms with E-state index in [-0.39, 0.29) is 5.91 Å². The highest BCUT2D eigenvalue weighted by atomic mass is 19.4. The van der Waals surface area contributed by atoms with Gasteiger partial charge < -0.3 is 15.5 Å². The number of piperazine rings is 1. The Morgan fingerprint density at radius 2 is 1.79 bits per heavy atom. The summed E-state index contributed by atoms with van der Waals surface area (Å²) >= 11 is 0. The molecule has 0 bridgehead atoms. The minimum atomic E-state index is -4.21. The maximum atomic E-state index is 12.9. The van der Waals surface area contributed by atoms with Crippen molar-refractivity contribution < 1.29 is 18.0 Å². The van der Waals surface area contributed by atoms with Crippen molar-refractivity contribution in [2.24, 2.45) is 4.99 Å². The third-order valence-electron chi connectivity index (χ3n) is 4.91. The van der Waals surface area contributed by atoms with Gasteiger partial charge >= 0.3 is 6.18 Å². The molecule has 0 aromatic heterocycles. The van der Waals surface area contributed by atoms with E-state index in [1.807, 2.05) is 30.9 Å². The van der Waals surface area contributed by atoms with Crippen LogP contribution >= 0.6 is 0 Å². The molecule has 0 spiro atoms. The Morgan fingerprint density at radius 3 is 2.38 bits per heavy atom. The number of nitrogens with one attached hydrogen (secondary N) is 2. The van der Waals surface area contributed by atoms with Gasteiger partial charge in [-0.05, 0) is 38.5 Å². The molecule has 2 N–H and O–H groups in total. The van der Waals surface area contributed by atoms with Crippen molar-refractivity contribution in [2.45, 2.75) is 39.5 Å². The number of carbonyl (C=O) groups excluding carboxylic acids is 1. The fourth-order valence-electron chi connectivity index (χ4n) is 3.19. The van der Waals surface area contributed by atoms with Gasteiger partial charge in [0.2, 0.25) is 0 Å². The van der Waals surface area contributed by atoms with Crippen LogP contribution in [0.2, 0.25) is 0 Å². The number of hydrogen-bond acceptors (Lipinski definition) is 3. The van der Waals surface area contributed by atoms with Crippen LogP contribution in [0.4, 0.5) is 13.2 Å². The van der Waals surface area contributed by atoms with Crippen molar-refractivity contribution in [3.63, 3.8) is 0 Å². The summed E-state index contributed by atoms with van der Waals surface area (Å²) < 4.78 is 38.8. The van der Waals surface area contributed by atoms with Gasteiger partial charge in [0.05, 0.1) is 6.54 Å². The highest BCUT2D eigenvalue weighted by Gasteiger charge is 2.41. The second-order valence-corrected chi connectivity index (χ2v) is 6.97. The number of amides is 1. The maximum absolute atomic E-state index is 12.9. The van der Waals surface area contributed by atoms with Gasteiger partial charge in [-0.25, -0.2) is 4.99 Å². The summed E-state index contributed by atoms with van der Waals surface area (Å²) in [6, 6.07) is 5.84. The third-order valence-corrected chi connectivity index (χ3v) is 4.91. The fourth-order valence-corrected chi connectivity index (χ4v) is 3.19. The number of aliphatic imine (C=N–C) groups is 1. The number of hydrogen-bond donors (Lipinski definition) is 2. The zero-order valence-electron chi connectivity index (χ0n) is 17.2. The first-order valence-corrected chi connectivity index (χ1v) is 9.97. The van der Waals surface area contributed by atoms with Crippen molar-refractivity contribution in [3.05, 3.63) is 35.4 Å². The minimum Gasteiger partial charge on any atom is -0.357 e. The van der Waals surface area contributed by atoms with Crippen LogP contribution in [0.15, 0.2) is 29.3 Å². The molecule has 0 aliphatic carbocycles. The molecule has 1 fully saturated rings. The van der Waals surface area contributed by atoms with E-state index < -0.39 is 12.2 Å². The lowest BCUT2D eigenvalue weighted by Gasteiger charge is -2.39. The Bertz CT molecular complexity index is 700. The molecule has 1 aliphatic rings. The van der Waals surface area contributed by atoms with Gasteiger partial charge in [-0.1, -0.05) is 12.1 Å². The quantitative estimate of drug-likeness (QED) is 0.556. The van der Waals surface area contributed by atoms with Gasteiger partial charge in [-0.15, -0.1) is 0 Å². The number of rotatable bonds is 6. The summed E-state index contributed by atoms with van der Waals surface area (Å²) in [5.74, 6) is 0.551. The van der Waals surface area contributed by atoms with E-state index in [0.717, 1.165) is 5.56 Å². The molecular weight excluding hydrogens is 383 g/mol. The van der Waals surface area contributed by atoms with E-state index in [0.29, 0.717) is 57.3 Å². The molecule has 6 nitrogen and oxygen atoms in total. The second-order valence-electron chi connectivity index (χ2n) is 6.97. The predicted octanol–water partition coefficient (Wildman–Crippen LogP) is 2.47. The summed E-state index contributed by atoms with van der Waals surface area (Å²) in [6.45, 7) is 8.25. The van der Waals surface area contributed by atoms with Crippen LogP contribution in [0.5, 0.6) is 0 Å². The molecule has 162 valence electrons. The number of halogens is 3. The lowest BCUT2D eigenvalue weighted by Crippen LogP contribution is -2.56. The average Bonchev–Trinajstić information content (AvgIpc) is 2.70. The Balaban J connectivity index is 2.02.